The minimum absolute atomic E-state index is 0.737. The Kier molecular flexibility index (Phi) is 7.72. The van der Waals surface area contributed by atoms with Gasteiger partial charge < -0.3 is 5.73 Å². The Morgan fingerprint density at radius 2 is 1.36 bits per heavy atom. The molecule has 3 heteroatoms. The van der Waals surface area contributed by atoms with E-state index in [1.807, 2.05) is 6.07 Å². The maximum Gasteiger partial charge on any atom is 0.0712 e. The van der Waals surface area contributed by atoms with Gasteiger partial charge in [-0.25, -0.2) is 0 Å². The molecule has 0 saturated heterocycles. The van der Waals surface area contributed by atoms with E-state index >= 15 is 0 Å². The van der Waals surface area contributed by atoms with E-state index in [0.717, 1.165) is 55.6 Å². The van der Waals surface area contributed by atoms with E-state index in [1.54, 1.807) is 0 Å². The van der Waals surface area contributed by atoms with Crippen LogP contribution in [-0.2, 0) is 13.0 Å². The smallest absolute Gasteiger partial charge is 0.0712 e. The number of hydrogen-bond acceptors (Lipinski definition) is 3. The van der Waals surface area contributed by atoms with Crippen LogP contribution in [0.3, 0.4) is 0 Å². The third-order valence-electron chi connectivity index (χ3n) is 11.4. The first-order chi connectivity index (χ1) is 26.2. The molecule has 0 atom stereocenters. The number of anilines is 1. The highest BCUT2D eigenvalue weighted by Crippen LogP contribution is 2.52. The molecular formula is C50H41N3. The second-order valence-electron chi connectivity index (χ2n) is 14.6. The van der Waals surface area contributed by atoms with Gasteiger partial charge >= 0.3 is 0 Å². The molecule has 0 aromatic heterocycles. The number of allylic oxidation sites excluding steroid dienone is 6. The maximum absolute atomic E-state index is 6.97. The molecule has 0 amide bonds. The molecule has 3 nitrogen and oxygen atoms in total. The number of hydrazine groups is 1. The maximum atomic E-state index is 6.97. The van der Waals surface area contributed by atoms with Gasteiger partial charge in [-0.1, -0.05) is 146 Å². The Labute approximate surface area is 312 Å². The summed E-state index contributed by atoms with van der Waals surface area (Å²) >= 11 is 0. The lowest BCUT2D eigenvalue weighted by Crippen LogP contribution is -2.43. The zero-order valence-electron chi connectivity index (χ0n) is 29.8. The van der Waals surface area contributed by atoms with Gasteiger partial charge in [0.15, 0.2) is 0 Å². The zero-order chi connectivity index (χ0) is 35.3. The van der Waals surface area contributed by atoms with E-state index in [0.29, 0.717) is 0 Å². The van der Waals surface area contributed by atoms with Crippen LogP contribution in [-0.4, -0.2) is 5.01 Å². The number of benzene rings is 6. The van der Waals surface area contributed by atoms with Gasteiger partial charge in [0.25, 0.3) is 0 Å². The van der Waals surface area contributed by atoms with Gasteiger partial charge in [0.1, 0.15) is 0 Å². The van der Waals surface area contributed by atoms with Gasteiger partial charge in [-0.3, -0.25) is 10.0 Å². The zero-order valence-corrected chi connectivity index (χ0v) is 29.8. The number of nitrogens with zero attached hydrogens (tertiary/aromatic N) is 2. The average Bonchev–Trinajstić information content (AvgIpc) is 3.60. The third-order valence-corrected chi connectivity index (χ3v) is 11.4. The molecule has 0 fully saturated rings. The summed E-state index contributed by atoms with van der Waals surface area (Å²) in [5.74, 6) is 0. The average molecular weight is 684 g/mol. The Balaban J connectivity index is 1.15. The van der Waals surface area contributed by atoms with Crippen LogP contribution in [0.25, 0.3) is 44.7 Å². The van der Waals surface area contributed by atoms with Crippen LogP contribution in [0.4, 0.5) is 5.69 Å². The molecule has 6 aromatic rings. The largest absolute Gasteiger partial charge is 0.397 e. The van der Waals surface area contributed by atoms with Gasteiger partial charge in [0, 0.05) is 16.8 Å². The molecule has 4 aliphatic rings. The lowest BCUT2D eigenvalue weighted by Gasteiger charge is -2.46. The predicted molar refractivity (Wildman–Crippen MR) is 220 cm³/mol. The normalized spacial score (nSPS) is 15.9. The Hall–Kier alpha value is -6.32. The van der Waals surface area contributed by atoms with Crippen molar-refractivity contribution in [2.45, 2.75) is 38.6 Å². The van der Waals surface area contributed by atoms with E-state index in [2.05, 4.69) is 168 Å². The van der Waals surface area contributed by atoms with Gasteiger partial charge in [-0.05, 0) is 111 Å². The van der Waals surface area contributed by atoms with Crippen molar-refractivity contribution in [3.63, 3.8) is 0 Å². The van der Waals surface area contributed by atoms with Crippen molar-refractivity contribution < 1.29 is 0 Å². The van der Waals surface area contributed by atoms with Crippen molar-refractivity contribution in [1.82, 2.24) is 5.01 Å². The minimum Gasteiger partial charge on any atom is -0.397 e. The fourth-order valence-corrected chi connectivity index (χ4v) is 8.93. The predicted octanol–water partition coefficient (Wildman–Crippen LogP) is 11.9. The molecule has 0 saturated carbocycles. The highest BCUT2D eigenvalue weighted by atomic mass is 15.6. The molecule has 256 valence electrons. The summed E-state index contributed by atoms with van der Waals surface area (Å²) in [5.41, 5.74) is 28.7. The van der Waals surface area contributed by atoms with Gasteiger partial charge in [-0.15, -0.1) is 0 Å². The van der Waals surface area contributed by atoms with E-state index < -0.39 is 0 Å². The van der Waals surface area contributed by atoms with Gasteiger partial charge in [-0.2, -0.15) is 0 Å². The molecule has 0 spiro atoms. The fourth-order valence-electron chi connectivity index (χ4n) is 8.93. The van der Waals surface area contributed by atoms with E-state index in [4.69, 9.17) is 5.73 Å². The number of hydrogen-bond donors (Lipinski definition) is 1. The first kappa shape index (κ1) is 31.4. The number of rotatable bonds is 6. The molecule has 6 aromatic carbocycles. The highest BCUT2D eigenvalue weighted by molar-refractivity contribution is 5.99. The standard InChI is InChI=1S/C50H41N3/c51-46(36-16-5-2-6-17-36)33-53-47-24-12-23-45(40-20-11-19-37(29-40)38-25-27-43-41(30-38)31-39-18-8-9-21-42(39)43)50(47)49-44-22-10-7-15-35(44)26-28-48(49)52(53)32-34-13-3-1-4-14-34/h1-9,11-21,23-25,27,29-30,33H,10,22,26,28,31-32,51H2/b46-33-. The van der Waals surface area contributed by atoms with Crippen LogP contribution in [0.1, 0.15) is 53.5 Å². The topological polar surface area (TPSA) is 32.5 Å². The second-order valence-corrected chi connectivity index (χ2v) is 14.6. The van der Waals surface area contributed by atoms with Crippen LogP contribution in [0.15, 0.2) is 181 Å². The summed E-state index contributed by atoms with van der Waals surface area (Å²) < 4.78 is 0. The molecule has 2 N–H and O–H groups in total. The Bertz CT molecular complexity index is 2520. The highest BCUT2D eigenvalue weighted by Gasteiger charge is 2.36. The molecular weight excluding hydrogens is 643 g/mol. The summed E-state index contributed by atoms with van der Waals surface area (Å²) in [5, 5.41) is 4.84. The van der Waals surface area contributed by atoms with Crippen LogP contribution >= 0.6 is 0 Å². The lowest BCUT2D eigenvalue weighted by atomic mass is 9.76. The Morgan fingerprint density at radius 3 is 2.25 bits per heavy atom. The summed E-state index contributed by atoms with van der Waals surface area (Å²) in [4.78, 5) is 0. The second kappa shape index (κ2) is 13.0. The first-order valence-corrected chi connectivity index (χ1v) is 18.9. The summed E-state index contributed by atoms with van der Waals surface area (Å²) in [6.07, 6.45) is 12.0. The number of fused-ring (bicyclic) bond motifs is 6. The Morgan fingerprint density at radius 1 is 0.623 bits per heavy atom. The van der Waals surface area contributed by atoms with Crippen molar-refractivity contribution in [2.24, 2.45) is 5.73 Å². The summed E-state index contributed by atoms with van der Waals surface area (Å²) in [6, 6.07) is 53.0. The van der Waals surface area contributed by atoms with Crippen molar-refractivity contribution >= 4 is 17.0 Å². The number of nitrogens with two attached hydrogens (primary N) is 1. The van der Waals surface area contributed by atoms with Crippen molar-refractivity contribution in [2.75, 3.05) is 5.01 Å². The van der Waals surface area contributed by atoms with Gasteiger partial charge in [0.2, 0.25) is 0 Å². The van der Waals surface area contributed by atoms with E-state index in [1.165, 1.54) is 78.1 Å². The first-order valence-electron chi connectivity index (χ1n) is 18.9. The van der Waals surface area contributed by atoms with Crippen LogP contribution in [0.2, 0.25) is 0 Å². The van der Waals surface area contributed by atoms with E-state index in [9.17, 15) is 0 Å². The summed E-state index contributed by atoms with van der Waals surface area (Å²) in [6.45, 7) is 0.748. The molecule has 0 bridgehead atoms. The lowest BCUT2D eigenvalue weighted by molar-refractivity contribution is 0.322. The van der Waals surface area contributed by atoms with Crippen molar-refractivity contribution in [3.8, 4) is 33.4 Å². The van der Waals surface area contributed by atoms with Crippen LogP contribution in [0.5, 0.6) is 0 Å². The van der Waals surface area contributed by atoms with Crippen molar-refractivity contribution in [1.29, 1.82) is 0 Å². The summed E-state index contributed by atoms with van der Waals surface area (Å²) in [7, 11) is 0. The minimum atomic E-state index is 0.737. The molecule has 1 heterocycles. The monoisotopic (exact) mass is 683 g/mol. The fraction of sp³-hybridized carbons (Fsp3) is 0.120. The van der Waals surface area contributed by atoms with Gasteiger partial charge in [0.05, 0.1) is 24.1 Å². The quantitative estimate of drug-likeness (QED) is 0.189. The van der Waals surface area contributed by atoms with Crippen molar-refractivity contribution in [3.05, 3.63) is 209 Å². The molecule has 10 rings (SSSR count). The molecule has 0 radical (unpaired) electrons. The van der Waals surface area contributed by atoms with Crippen LogP contribution in [0, 0.1) is 0 Å². The third kappa shape index (κ3) is 5.52. The molecule has 3 aliphatic carbocycles. The molecule has 0 unspecified atom stereocenters. The molecule has 53 heavy (non-hydrogen) atoms. The SMILES string of the molecule is N/C(=C\N1c2cccc(-c3cccc(-c4ccc5c(c4)Cc4ccccc4-5)c3)c2C2=C(CCC3=C2CCC=C3)N1Cc1ccccc1)c1ccccc1. The van der Waals surface area contributed by atoms with E-state index in [-0.39, 0.29) is 0 Å². The molecule has 1 aliphatic heterocycles. The van der Waals surface area contributed by atoms with Crippen LogP contribution < -0.4 is 10.7 Å².